The highest BCUT2D eigenvalue weighted by Crippen LogP contribution is 2.35. The Labute approximate surface area is 196 Å². The van der Waals surface area contributed by atoms with E-state index in [9.17, 15) is 9.59 Å². The number of fused-ring (bicyclic) bond motifs is 1. The zero-order valence-electron chi connectivity index (χ0n) is 19.0. The first kappa shape index (κ1) is 22.7. The second kappa shape index (κ2) is 9.54. The van der Waals surface area contributed by atoms with E-state index >= 15 is 0 Å². The van der Waals surface area contributed by atoms with Crippen LogP contribution in [0.4, 0.5) is 5.69 Å². The molecule has 1 fully saturated rings. The Balaban J connectivity index is 1.71. The molecule has 0 radical (unpaired) electrons. The van der Waals surface area contributed by atoms with Gasteiger partial charge in [0, 0.05) is 22.2 Å². The van der Waals surface area contributed by atoms with Crippen LogP contribution < -0.4 is 10.1 Å². The fourth-order valence-corrected chi connectivity index (χ4v) is 4.60. The Morgan fingerprint density at radius 2 is 2.00 bits per heavy atom. The van der Waals surface area contributed by atoms with Crippen molar-refractivity contribution in [3.63, 3.8) is 0 Å². The minimum absolute atomic E-state index is 0.114. The fourth-order valence-electron chi connectivity index (χ4n) is 3.79. The summed E-state index contributed by atoms with van der Waals surface area (Å²) in [6, 6.07) is 13.5. The van der Waals surface area contributed by atoms with Crippen molar-refractivity contribution in [2.75, 3.05) is 13.7 Å². The van der Waals surface area contributed by atoms with Gasteiger partial charge >= 0.3 is 5.97 Å². The highest BCUT2D eigenvalue weighted by atomic mass is 32.2. The predicted octanol–water partition coefficient (Wildman–Crippen LogP) is 4.72. The number of amidine groups is 1. The Bertz CT molecular complexity index is 1310. The highest BCUT2D eigenvalue weighted by Gasteiger charge is 2.26. The molecule has 0 aliphatic carbocycles. The van der Waals surface area contributed by atoms with Crippen LogP contribution in [0, 0.1) is 13.8 Å². The standard InChI is InChI=1S/C25H25N3O4S/c1-5-32-23(29)14-28-16(3)18(17-8-6-7-9-20(17)28)13-22-24(30)27-25(33-22)26-19-12-15(2)10-11-21(19)31-4/h6-13H,5,14H2,1-4H3,(H,26,27,30)/b22-13-. The van der Waals surface area contributed by atoms with Crippen LogP contribution in [0.1, 0.15) is 23.7 Å². The van der Waals surface area contributed by atoms with E-state index in [1.54, 1.807) is 14.0 Å². The average molecular weight is 464 g/mol. The fraction of sp³-hybridized carbons (Fsp3) is 0.240. The molecule has 33 heavy (non-hydrogen) atoms. The van der Waals surface area contributed by atoms with E-state index in [0.29, 0.717) is 28.1 Å². The van der Waals surface area contributed by atoms with Gasteiger partial charge in [-0.15, -0.1) is 0 Å². The molecule has 1 N–H and O–H groups in total. The third-order valence-corrected chi connectivity index (χ3v) is 6.26. The number of nitrogens with zero attached hydrogens (tertiary/aromatic N) is 2. The van der Waals surface area contributed by atoms with E-state index in [1.165, 1.54) is 11.8 Å². The number of para-hydroxylation sites is 1. The highest BCUT2D eigenvalue weighted by molar-refractivity contribution is 8.18. The maximum Gasteiger partial charge on any atom is 0.325 e. The van der Waals surface area contributed by atoms with Gasteiger partial charge in [0.15, 0.2) is 5.17 Å². The molecule has 0 unspecified atom stereocenters. The molecule has 170 valence electrons. The Morgan fingerprint density at radius 3 is 2.76 bits per heavy atom. The zero-order valence-corrected chi connectivity index (χ0v) is 19.8. The van der Waals surface area contributed by atoms with Crippen LogP contribution in [0.5, 0.6) is 5.75 Å². The van der Waals surface area contributed by atoms with Crippen molar-refractivity contribution >= 4 is 51.5 Å². The number of carbonyl (C=O) groups excluding carboxylic acids is 2. The number of aliphatic imine (C=N–C) groups is 1. The lowest BCUT2D eigenvalue weighted by Crippen LogP contribution is -2.19. The number of aromatic nitrogens is 1. The van der Waals surface area contributed by atoms with Gasteiger partial charge in [-0.1, -0.05) is 24.3 Å². The van der Waals surface area contributed by atoms with E-state index in [4.69, 9.17) is 9.47 Å². The minimum atomic E-state index is -0.296. The summed E-state index contributed by atoms with van der Waals surface area (Å²) in [5, 5.41) is 4.29. The molecule has 7 nitrogen and oxygen atoms in total. The molecule has 1 aromatic heterocycles. The molecule has 1 saturated heterocycles. The van der Waals surface area contributed by atoms with Crippen LogP contribution in [0.15, 0.2) is 52.4 Å². The van der Waals surface area contributed by atoms with Gasteiger partial charge in [-0.05, 0) is 62.4 Å². The minimum Gasteiger partial charge on any atom is -0.494 e. The number of esters is 1. The van der Waals surface area contributed by atoms with Gasteiger partial charge in [-0.3, -0.25) is 9.59 Å². The van der Waals surface area contributed by atoms with Crippen LogP contribution >= 0.6 is 11.8 Å². The van der Waals surface area contributed by atoms with Crippen LogP contribution in [0.3, 0.4) is 0 Å². The topological polar surface area (TPSA) is 81.9 Å². The van der Waals surface area contributed by atoms with Gasteiger partial charge in [-0.2, -0.15) is 0 Å². The predicted molar refractivity (Wildman–Crippen MR) is 132 cm³/mol. The SMILES string of the molecule is CCOC(=O)Cn1c(C)c(/C=C2\SC(=Nc3cc(C)ccc3OC)NC2=O)c2ccccc21. The van der Waals surface area contributed by atoms with E-state index in [2.05, 4.69) is 10.3 Å². The summed E-state index contributed by atoms with van der Waals surface area (Å²) in [5.74, 6) is 0.125. The quantitative estimate of drug-likeness (QED) is 0.423. The maximum atomic E-state index is 12.7. The van der Waals surface area contributed by atoms with Crippen molar-refractivity contribution in [1.29, 1.82) is 0 Å². The Kier molecular flexibility index (Phi) is 6.55. The van der Waals surface area contributed by atoms with E-state index in [-0.39, 0.29) is 18.4 Å². The lowest BCUT2D eigenvalue weighted by molar-refractivity contribution is -0.143. The van der Waals surface area contributed by atoms with E-state index < -0.39 is 0 Å². The molecule has 0 atom stereocenters. The monoisotopic (exact) mass is 463 g/mol. The van der Waals surface area contributed by atoms with Gasteiger partial charge in [0.2, 0.25) is 0 Å². The zero-order chi connectivity index (χ0) is 23.5. The van der Waals surface area contributed by atoms with Crippen molar-refractivity contribution in [2.24, 2.45) is 4.99 Å². The Hall–Kier alpha value is -3.52. The lowest BCUT2D eigenvalue weighted by Gasteiger charge is -2.07. The molecule has 1 aliphatic rings. The molecular weight excluding hydrogens is 438 g/mol. The first-order valence-corrected chi connectivity index (χ1v) is 11.4. The maximum absolute atomic E-state index is 12.7. The van der Waals surface area contributed by atoms with Gasteiger partial charge < -0.3 is 19.4 Å². The number of hydrogen-bond acceptors (Lipinski definition) is 6. The molecule has 0 saturated carbocycles. The van der Waals surface area contributed by atoms with Crippen LogP contribution in [-0.4, -0.2) is 35.3 Å². The summed E-state index contributed by atoms with van der Waals surface area (Å²) in [6.07, 6.45) is 1.86. The summed E-state index contributed by atoms with van der Waals surface area (Å²) >= 11 is 1.28. The summed E-state index contributed by atoms with van der Waals surface area (Å²) in [5.41, 5.74) is 4.39. The van der Waals surface area contributed by atoms with E-state index in [0.717, 1.165) is 27.7 Å². The normalized spacial score (nSPS) is 15.9. The van der Waals surface area contributed by atoms with Gasteiger partial charge in [-0.25, -0.2) is 4.99 Å². The van der Waals surface area contributed by atoms with Crippen LogP contribution in [-0.2, 0) is 20.9 Å². The largest absolute Gasteiger partial charge is 0.494 e. The van der Waals surface area contributed by atoms with Crippen LogP contribution in [0.25, 0.3) is 17.0 Å². The van der Waals surface area contributed by atoms with Crippen molar-refractivity contribution in [2.45, 2.75) is 27.3 Å². The van der Waals surface area contributed by atoms with Crippen molar-refractivity contribution in [1.82, 2.24) is 9.88 Å². The van der Waals surface area contributed by atoms with Crippen molar-refractivity contribution in [3.05, 3.63) is 64.2 Å². The van der Waals surface area contributed by atoms with Gasteiger partial charge in [0.1, 0.15) is 18.0 Å². The number of aryl methyl sites for hydroxylation is 1. The molecule has 3 aromatic rings. The molecule has 1 amide bonds. The number of carbonyl (C=O) groups is 2. The number of thioether (sulfide) groups is 1. The number of hydrogen-bond donors (Lipinski definition) is 1. The third-order valence-electron chi connectivity index (χ3n) is 5.35. The van der Waals surface area contributed by atoms with Crippen molar-refractivity contribution < 1.29 is 19.1 Å². The molecule has 2 aromatic carbocycles. The Morgan fingerprint density at radius 1 is 1.21 bits per heavy atom. The summed E-state index contributed by atoms with van der Waals surface area (Å²) in [7, 11) is 1.59. The smallest absolute Gasteiger partial charge is 0.325 e. The molecule has 0 bridgehead atoms. The number of nitrogens with one attached hydrogen (secondary N) is 1. The second-order valence-corrected chi connectivity index (χ2v) is 8.60. The number of rotatable bonds is 6. The van der Waals surface area contributed by atoms with Gasteiger partial charge in [0.25, 0.3) is 5.91 Å². The molecule has 1 aliphatic heterocycles. The first-order valence-electron chi connectivity index (χ1n) is 10.6. The van der Waals surface area contributed by atoms with E-state index in [1.807, 2.05) is 67.0 Å². The molecule has 8 heteroatoms. The number of ether oxygens (including phenoxy) is 2. The molecule has 0 spiro atoms. The average Bonchev–Trinajstić information content (AvgIpc) is 3.26. The molecular formula is C25H25N3O4S. The second-order valence-electron chi connectivity index (χ2n) is 7.56. The number of benzene rings is 2. The molecule has 4 rings (SSSR count). The molecule has 2 heterocycles. The lowest BCUT2D eigenvalue weighted by atomic mass is 10.1. The van der Waals surface area contributed by atoms with Crippen LogP contribution in [0.2, 0.25) is 0 Å². The summed E-state index contributed by atoms with van der Waals surface area (Å²) in [4.78, 5) is 30.0. The summed E-state index contributed by atoms with van der Waals surface area (Å²) in [6.45, 7) is 6.15. The van der Waals surface area contributed by atoms with Gasteiger partial charge in [0.05, 0.1) is 18.6 Å². The number of amides is 1. The number of methoxy groups -OCH3 is 1. The third kappa shape index (κ3) is 4.66. The van der Waals surface area contributed by atoms with Crippen molar-refractivity contribution in [3.8, 4) is 5.75 Å². The summed E-state index contributed by atoms with van der Waals surface area (Å²) < 4.78 is 12.4. The first-order chi connectivity index (χ1) is 15.9.